The number of carbonyl (C=O) groups is 1. The second-order valence-corrected chi connectivity index (χ2v) is 8.22. The molecule has 29 heavy (non-hydrogen) atoms. The van der Waals surface area contributed by atoms with Gasteiger partial charge in [0.15, 0.2) is 0 Å². The minimum atomic E-state index is -0.134. The van der Waals surface area contributed by atoms with Gasteiger partial charge in [0.25, 0.3) is 0 Å². The van der Waals surface area contributed by atoms with Crippen LogP contribution in [0.2, 0.25) is 0 Å². The smallest absolute Gasteiger partial charge is 0.306 e. The third kappa shape index (κ3) is 15.2. The number of carbonyl (C=O) groups excluding carboxylic acids is 1. The van der Waals surface area contributed by atoms with E-state index in [4.69, 9.17) is 9.47 Å². The maximum Gasteiger partial charge on any atom is 0.306 e. The van der Waals surface area contributed by atoms with Gasteiger partial charge in [-0.05, 0) is 18.4 Å². The second-order valence-electron chi connectivity index (χ2n) is 8.22. The van der Waals surface area contributed by atoms with E-state index in [0.29, 0.717) is 13.0 Å². The van der Waals surface area contributed by atoms with Gasteiger partial charge in [0.2, 0.25) is 0 Å². The van der Waals surface area contributed by atoms with Gasteiger partial charge in [0.05, 0.1) is 6.10 Å². The zero-order chi connectivity index (χ0) is 21.0. The summed E-state index contributed by atoms with van der Waals surface area (Å²) in [6.45, 7) is 2.63. The molecular weight excluding hydrogens is 360 g/mol. The van der Waals surface area contributed by atoms with Crippen molar-refractivity contribution in [2.45, 2.75) is 116 Å². The molecule has 0 saturated carbocycles. The molecule has 0 radical (unpaired) electrons. The van der Waals surface area contributed by atoms with Crippen LogP contribution in [0.5, 0.6) is 0 Å². The maximum absolute atomic E-state index is 11.9. The Morgan fingerprint density at radius 2 is 1.34 bits per heavy atom. The van der Waals surface area contributed by atoms with E-state index < -0.39 is 0 Å². The van der Waals surface area contributed by atoms with Crippen LogP contribution < -0.4 is 0 Å². The molecule has 0 aliphatic carbocycles. The Kier molecular flexibility index (Phi) is 16.5. The quantitative estimate of drug-likeness (QED) is 0.176. The minimum absolute atomic E-state index is 0.134. The topological polar surface area (TPSA) is 35.5 Å². The summed E-state index contributed by atoms with van der Waals surface area (Å²) in [4.78, 5) is 11.9. The summed E-state index contributed by atoms with van der Waals surface area (Å²) in [5.41, 5.74) is 1.03. The van der Waals surface area contributed by atoms with Crippen molar-refractivity contribution in [1.29, 1.82) is 0 Å². The van der Waals surface area contributed by atoms with Crippen molar-refractivity contribution < 1.29 is 14.3 Å². The Bertz CT molecular complexity index is 486. The van der Waals surface area contributed by atoms with Crippen LogP contribution in [-0.4, -0.2) is 19.2 Å². The highest BCUT2D eigenvalue weighted by Crippen LogP contribution is 2.15. The number of unbranched alkanes of at least 4 members (excludes halogenated alkanes) is 11. The fourth-order valence-corrected chi connectivity index (χ4v) is 3.68. The Hall–Kier alpha value is -1.35. The molecule has 0 amide bonds. The van der Waals surface area contributed by atoms with Gasteiger partial charge in [-0.15, -0.1) is 0 Å². The van der Waals surface area contributed by atoms with Crippen molar-refractivity contribution >= 4 is 5.97 Å². The number of ether oxygens (including phenoxy) is 2. The van der Waals surface area contributed by atoms with E-state index in [0.717, 1.165) is 18.4 Å². The van der Waals surface area contributed by atoms with Crippen LogP contribution in [-0.2, 0) is 20.9 Å². The lowest BCUT2D eigenvalue weighted by atomic mass is 10.0. The van der Waals surface area contributed by atoms with Gasteiger partial charge in [-0.3, -0.25) is 4.79 Å². The van der Waals surface area contributed by atoms with Gasteiger partial charge >= 0.3 is 5.97 Å². The molecule has 1 rings (SSSR count). The summed E-state index contributed by atoms with van der Waals surface area (Å²) in [5, 5.41) is 0. The molecular formula is C26H44O3. The summed E-state index contributed by atoms with van der Waals surface area (Å²) >= 11 is 0. The normalized spacial score (nSPS) is 12.1. The molecule has 0 spiro atoms. The molecule has 1 aromatic rings. The molecule has 0 heterocycles. The molecule has 0 aromatic heterocycles. The number of benzene rings is 1. The van der Waals surface area contributed by atoms with E-state index in [2.05, 4.69) is 6.92 Å². The lowest BCUT2D eigenvalue weighted by Gasteiger charge is -2.15. The van der Waals surface area contributed by atoms with Crippen LogP contribution in [0.25, 0.3) is 0 Å². The zero-order valence-electron chi connectivity index (χ0n) is 19.0. The van der Waals surface area contributed by atoms with E-state index in [-0.39, 0.29) is 12.1 Å². The predicted octanol–water partition coefficient (Wildman–Crippen LogP) is 7.62. The second kappa shape index (κ2) is 18.7. The average molecular weight is 405 g/mol. The third-order valence-corrected chi connectivity index (χ3v) is 5.63. The van der Waals surface area contributed by atoms with Crippen LogP contribution in [0.4, 0.5) is 0 Å². The van der Waals surface area contributed by atoms with E-state index in [1.807, 2.05) is 30.3 Å². The molecule has 3 heteroatoms. The van der Waals surface area contributed by atoms with E-state index in [1.165, 1.54) is 77.0 Å². The monoisotopic (exact) mass is 404 g/mol. The zero-order valence-corrected chi connectivity index (χ0v) is 19.0. The van der Waals surface area contributed by atoms with Crippen molar-refractivity contribution in [3.8, 4) is 0 Å². The van der Waals surface area contributed by atoms with Gasteiger partial charge in [-0.2, -0.15) is 0 Å². The van der Waals surface area contributed by atoms with Crippen molar-refractivity contribution in [3.63, 3.8) is 0 Å². The van der Waals surface area contributed by atoms with Gasteiger partial charge in [-0.25, -0.2) is 0 Å². The molecule has 0 N–H and O–H groups in total. The highest BCUT2D eigenvalue weighted by molar-refractivity contribution is 5.69. The minimum Gasteiger partial charge on any atom is -0.461 e. The summed E-state index contributed by atoms with van der Waals surface area (Å²) in [6, 6.07) is 9.82. The van der Waals surface area contributed by atoms with Gasteiger partial charge in [0.1, 0.15) is 6.61 Å². The molecule has 1 aromatic carbocycles. The Labute approximate surface area is 179 Å². The van der Waals surface area contributed by atoms with Gasteiger partial charge < -0.3 is 9.47 Å². The van der Waals surface area contributed by atoms with Crippen LogP contribution >= 0.6 is 0 Å². The Balaban J connectivity index is 1.93. The SMILES string of the molecule is CCCCCCCCCCCCCCC(CCC(=O)OCc1ccccc1)OC. The lowest BCUT2D eigenvalue weighted by molar-refractivity contribution is -0.145. The maximum atomic E-state index is 11.9. The van der Waals surface area contributed by atoms with Crippen molar-refractivity contribution in [2.24, 2.45) is 0 Å². The lowest BCUT2D eigenvalue weighted by Crippen LogP contribution is -2.14. The van der Waals surface area contributed by atoms with Crippen molar-refractivity contribution in [3.05, 3.63) is 35.9 Å². The van der Waals surface area contributed by atoms with E-state index in [9.17, 15) is 4.79 Å². The Morgan fingerprint density at radius 1 is 0.793 bits per heavy atom. The molecule has 0 aliphatic heterocycles. The van der Waals surface area contributed by atoms with Crippen LogP contribution in [0, 0.1) is 0 Å². The van der Waals surface area contributed by atoms with Crippen LogP contribution in [0.3, 0.4) is 0 Å². The molecule has 0 aliphatic rings. The van der Waals surface area contributed by atoms with Gasteiger partial charge in [0, 0.05) is 13.5 Å². The standard InChI is InChI=1S/C26H44O3/c1-3-4-5-6-7-8-9-10-11-12-13-17-20-25(28-2)21-22-26(27)29-23-24-18-15-14-16-19-24/h14-16,18-19,25H,3-13,17,20-23H2,1-2H3. The first kappa shape index (κ1) is 25.7. The summed E-state index contributed by atoms with van der Waals surface area (Å²) < 4.78 is 10.9. The number of hydrogen-bond acceptors (Lipinski definition) is 3. The average Bonchev–Trinajstić information content (AvgIpc) is 2.75. The fourth-order valence-electron chi connectivity index (χ4n) is 3.68. The molecule has 166 valence electrons. The predicted molar refractivity (Wildman–Crippen MR) is 122 cm³/mol. The summed E-state index contributed by atoms with van der Waals surface area (Å²) in [6.07, 6.45) is 18.7. The first-order valence-corrected chi connectivity index (χ1v) is 12.0. The van der Waals surface area contributed by atoms with E-state index in [1.54, 1.807) is 7.11 Å². The third-order valence-electron chi connectivity index (χ3n) is 5.63. The molecule has 3 nitrogen and oxygen atoms in total. The molecule has 0 bridgehead atoms. The molecule has 1 atom stereocenters. The highest BCUT2D eigenvalue weighted by Gasteiger charge is 2.11. The summed E-state index contributed by atoms with van der Waals surface area (Å²) in [5.74, 6) is -0.134. The molecule has 0 fully saturated rings. The summed E-state index contributed by atoms with van der Waals surface area (Å²) in [7, 11) is 1.75. The van der Waals surface area contributed by atoms with Crippen LogP contribution in [0.15, 0.2) is 30.3 Å². The molecule has 0 saturated heterocycles. The highest BCUT2D eigenvalue weighted by atomic mass is 16.5. The number of methoxy groups -OCH3 is 1. The van der Waals surface area contributed by atoms with Crippen molar-refractivity contribution in [1.82, 2.24) is 0 Å². The fraction of sp³-hybridized carbons (Fsp3) is 0.731. The molecule has 1 unspecified atom stereocenters. The largest absolute Gasteiger partial charge is 0.461 e. The Morgan fingerprint density at radius 3 is 1.90 bits per heavy atom. The van der Waals surface area contributed by atoms with E-state index >= 15 is 0 Å². The van der Waals surface area contributed by atoms with Gasteiger partial charge in [-0.1, -0.05) is 114 Å². The number of rotatable bonds is 19. The van der Waals surface area contributed by atoms with Crippen LogP contribution in [0.1, 0.15) is 109 Å². The first-order valence-electron chi connectivity index (χ1n) is 12.0. The number of esters is 1. The number of hydrogen-bond donors (Lipinski definition) is 0. The van der Waals surface area contributed by atoms with Crippen molar-refractivity contribution in [2.75, 3.05) is 7.11 Å². The first-order chi connectivity index (χ1) is 14.3.